The lowest BCUT2D eigenvalue weighted by molar-refractivity contribution is -0.125. The number of nitrogens with two attached hydrogens (primary N) is 1. The molecule has 2 rings (SSSR count). The molecule has 1 aliphatic heterocycles. The van der Waals surface area contributed by atoms with Gasteiger partial charge in [-0.1, -0.05) is 29.8 Å². The van der Waals surface area contributed by atoms with Crippen LogP contribution in [0.2, 0.25) is 0 Å². The minimum absolute atomic E-state index is 0.0418. The fraction of sp³-hybridized carbons (Fsp3) is 0.533. The molecule has 104 valence electrons. The molecule has 2 unspecified atom stereocenters. The maximum absolute atomic E-state index is 11.9. The summed E-state index contributed by atoms with van der Waals surface area (Å²) >= 11 is 0. The van der Waals surface area contributed by atoms with Crippen molar-refractivity contribution in [2.24, 2.45) is 5.73 Å². The molecule has 1 aromatic rings. The second-order valence-electron chi connectivity index (χ2n) is 5.17. The first kappa shape index (κ1) is 14.0. The van der Waals surface area contributed by atoms with E-state index < -0.39 is 0 Å². The van der Waals surface area contributed by atoms with Gasteiger partial charge in [0.2, 0.25) is 5.91 Å². The number of benzene rings is 1. The normalized spacial score (nSPS) is 21.3. The van der Waals surface area contributed by atoms with Crippen LogP contribution in [0.1, 0.15) is 30.0 Å². The Hall–Kier alpha value is -1.39. The van der Waals surface area contributed by atoms with Crippen molar-refractivity contribution in [2.45, 2.75) is 31.8 Å². The number of aryl methyl sites for hydroxylation is 1. The Balaban J connectivity index is 2.21. The number of carbonyl (C=O) groups is 1. The molecule has 4 nitrogen and oxygen atoms in total. The summed E-state index contributed by atoms with van der Waals surface area (Å²) in [7, 11) is 1.70. The molecule has 0 aromatic heterocycles. The maximum atomic E-state index is 11.9. The quantitative estimate of drug-likeness (QED) is 0.856. The van der Waals surface area contributed by atoms with Gasteiger partial charge in [-0.3, -0.25) is 9.69 Å². The summed E-state index contributed by atoms with van der Waals surface area (Å²) in [6, 6.07) is 8.52. The first-order chi connectivity index (χ1) is 9.17. The van der Waals surface area contributed by atoms with E-state index in [1.54, 1.807) is 7.05 Å². The largest absolute Gasteiger partial charge is 0.358 e. The fourth-order valence-corrected chi connectivity index (χ4v) is 2.86. The van der Waals surface area contributed by atoms with Crippen molar-refractivity contribution in [3.63, 3.8) is 0 Å². The van der Waals surface area contributed by atoms with Gasteiger partial charge in [0.15, 0.2) is 0 Å². The van der Waals surface area contributed by atoms with Gasteiger partial charge in [0.25, 0.3) is 0 Å². The molecule has 1 aliphatic rings. The predicted molar refractivity (Wildman–Crippen MR) is 76.8 cm³/mol. The smallest absolute Gasteiger partial charge is 0.237 e. The number of rotatable bonds is 4. The van der Waals surface area contributed by atoms with Gasteiger partial charge in [0, 0.05) is 19.6 Å². The number of carbonyl (C=O) groups excluding carboxylic acids is 1. The van der Waals surface area contributed by atoms with Gasteiger partial charge in [-0.2, -0.15) is 0 Å². The Labute approximate surface area is 115 Å². The summed E-state index contributed by atoms with van der Waals surface area (Å²) in [5.74, 6) is 0.100. The Morgan fingerprint density at radius 3 is 2.74 bits per heavy atom. The highest BCUT2D eigenvalue weighted by atomic mass is 16.2. The lowest BCUT2D eigenvalue weighted by Crippen LogP contribution is -2.45. The van der Waals surface area contributed by atoms with Crippen molar-refractivity contribution >= 4 is 5.91 Å². The standard InChI is InChI=1S/C15H23N3O/c1-11-5-7-12(8-6-11)14(10-16)18-9-3-4-13(18)15(19)17-2/h5-8,13-14H,3-4,9-10,16H2,1-2H3,(H,17,19). The van der Waals surface area contributed by atoms with Crippen LogP contribution < -0.4 is 11.1 Å². The van der Waals surface area contributed by atoms with Crippen LogP contribution in [0.5, 0.6) is 0 Å². The summed E-state index contributed by atoms with van der Waals surface area (Å²) < 4.78 is 0. The highest BCUT2D eigenvalue weighted by Crippen LogP contribution is 2.29. The summed E-state index contributed by atoms with van der Waals surface area (Å²) in [4.78, 5) is 14.2. The van der Waals surface area contributed by atoms with E-state index in [-0.39, 0.29) is 18.0 Å². The Kier molecular flexibility index (Phi) is 4.56. The second kappa shape index (κ2) is 6.17. The van der Waals surface area contributed by atoms with E-state index in [9.17, 15) is 4.79 Å². The molecule has 1 heterocycles. The Morgan fingerprint density at radius 1 is 1.47 bits per heavy atom. The third-order valence-electron chi connectivity index (χ3n) is 3.93. The van der Waals surface area contributed by atoms with Crippen molar-refractivity contribution in [3.8, 4) is 0 Å². The van der Waals surface area contributed by atoms with Crippen LogP contribution in [0.3, 0.4) is 0 Å². The molecule has 19 heavy (non-hydrogen) atoms. The number of amides is 1. The van der Waals surface area contributed by atoms with Gasteiger partial charge >= 0.3 is 0 Å². The molecule has 1 aromatic carbocycles. The van der Waals surface area contributed by atoms with Gasteiger partial charge in [0.1, 0.15) is 0 Å². The number of hydrogen-bond acceptors (Lipinski definition) is 3. The molecular formula is C15H23N3O. The highest BCUT2D eigenvalue weighted by molar-refractivity contribution is 5.81. The van der Waals surface area contributed by atoms with E-state index in [4.69, 9.17) is 5.73 Å². The molecule has 0 bridgehead atoms. The first-order valence-electron chi connectivity index (χ1n) is 6.91. The minimum atomic E-state index is -0.0418. The first-order valence-corrected chi connectivity index (χ1v) is 6.91. The van der Waals surface area contributed by atoms with Crippen molar-refractivity contribution < 1.29 is 4.79 Å². The fourth-order valence-electron chi connectivity index (χ4n) is 2.86. The molecule has 1 saturated heterocycles. The monoisotopic (exact) mass is 261 g/mol. The van der Waals surface area contributed by atoms with Crippen molar-refractivity contribution in [1.29, 1.82) is 0 Å². The van der Waals surface area contributed by atoms with Gasteiger partial charge in [-0.05, 0) is 31.9 Å². The maximum Gasteiger partial charge on any atom is 0.237 e. The zero-order chi connectivity index (χ0) is 13.8. The number of hydrogen-bond donors (Lipinski definition) is 2. The second-order valence-corrected chi connectivity index (χ2v) is 5.17. The van der Waals surface area contributed by atoms with Crippen LogP contribution in [0.25, 0.3) is 0 Å². The van der Waals surface area contributed by atoms with Crippen LogP contribution >= 0.6 is 0 Å². The molecule has 0 saturated carbocycles. The van der Waals surface area contributed by atoms with Gasteiger partial charge < -0.3 is 11.1 Å². The van der Waals surface area contributed by atoms with Gasteiger partial charge in [-0.15, -0.1) is 0 Å². The highest BCUT2D eigenvalue weighted by Gasteiger charge is 2.34. The average Bonchev–Trinajstić information content (AvgIpc) is 2.90. The average molecular weight is 261 g/mol. The lowest BCUT2D eigenvalue weighted by atomic mass is 10.0. The molecule has 3 N–H and O–H groups in total. The number of likely N-dealkylation sites (N-methyl/N-ethyl adjacent to an activating group) is 1. The molecule has 1 fully saturated rings. The van der Waals surface area contributed by atoms with Gasteiger partial charge in [0.05, 0.1) is 6.04 Å². The molecule has 0 spiro atoms. The van der Waals surface area contributed by atoms with Gasteiger partial charge in [-0.25, -0.2) is 0 Å². The summed E-state index contributed by atoms with van der Waals surface area (Å²) in [5.41, 5.74) is 8.39. The number of nitrogens with zero attached hydrogens (tertiary/aromatic N) is 1. The number of nitrogens with one attached hydrogen (secondary N) is 1. The van der Waals surface area contributed by atoms with Crippen LogP contribution in [-0.2, 0) is 4.79 Å². The molecule has 0 radical (unpaired) electrons. The minimum Gasteiger partial charge on any atom is -0.358 e. The number of likely N-dealkylation sites (tertiary alicyclic amines) is 1. The zero-order valence-corrected chi connectivity index (χ0v) is 11.7. The summed E-state index contributed by atoms with van der Waals surface area (Å²) in [6.45, 7) is 3.55. The topological polar surface area (TPSA) is 58.4 Å². The molecular weight excluding hydrogens is 238 g/mol. The SMILES string of the molecule is CNC(=O)C1CCCN1C(CN)c1ccc(C)cc1. The van der Waals surface area contributed by atoms with Crippen molar-refractivity contribution in [1.82, 2.24) is 10.2 Å². The Bertz CT molecular complexity index is 430. The summed E-state index contributed by atoms with van der Waals surface area (Å²) in [5, 5.41) is 2.76. The van der Waals surface area contributed by atoms with E-state index >= 15 is 0 Å². The molecule has 1 amide bonds. The van der Waals surface area contributed by atoms with E-state index in [0.29, 0.717) is 6.54 Å². The molecule has 2 atom stereocenters. The van der Waals surface area contributed by atoms with Crippen molar-refractivity contribution in [3.05, 3.63) is 35.4 Å². The van der Waals surface area contributed by atoms with E-state index in [0.717, 1.165) is 19.4 Å². The molecule has 4 heteroatoms. The lowest BCUT2D eigenvalue weighted by Gasteiger charge is -2.31. The van der Waals surface area contributed by atoms with E-state index in [1.165, 1.54) is 11.1 Å². The van der Waals surface area contributed by atoms with Crippen LogP contribution in [0, 0.1) is 6.92 Å². The molecule has 0 aliphatic carbocycles. The Morgan fingerprint density at radius 2 is 2.16 bits per heavy atom. The van der Waals surface area contributed by atoms with Crippen molar-refractivity contribution in [2.75, 3.05) is 20.1 Å². The van der Waals surface area contributed by atoms with Crippen LogP contribution in [-0.4, -0.2) is 37.0 Å². The van der Waals surface area contributed by atoms with Crippen LogP contribution in [0.15, 0.2) is 24.3 Å². The van der Waals surface area contributed by atoms with E-state index in [2.05, 4.69) is 41.4 Å². The third kappa shape index (κ3) is 2.96. The predicted octanol–water partition coefficient (Wildman–Crippen LogP) is 1.21. The van der Waals surface area contributed by atoms with E-state index in [1.807, 2.05) is 0 Å². The summed E-state index contributed by atoms with van der Waals surface area (Å²) in [6.07, 6.45) is 1.97. The zero-order valence-electron chi connectivity index (χ0n) is 11.7. The third-order valence-corrected chi connectivity index (χ3v) is 3.93. The van der Waals surface area contributed by atoms with Crippen LogP contribution in [0.4, 0.5) is 0 Å².